The smallest absolute Gasteiger partial charge is 0.349 e. The maximum absolute atomic E-state index is 13.6. The number of benzene rings is 3. The molecule has 12 heteroatoms. The number of hydrogen-bond donors (Lipinski definition) is 2. The lowest BCUT2D eigenvalue weighted by Gasteiger charge is -2.25. The summed E-state index contributed by atoms with van der Waals surface area (Å²) in [7, 11) is -4.48. The number of amides is 2. The van der Waals surface area contributed by atoms with Gasteiger partial charge in [-0.15, -0.1) is 0 Å². The number of carbonyl (C=O) groups is 2. The van der Waals surface area contributed by atoms with Gasteiger partial charge in [0.15, 0.2) is 0 Å². The van der Waals surface area contributed by atoms with Crippen LogP contribution in [0.15, 0.2) is 77.7 Å². The Balaban J connectivity index is 1.64. The van der Waals surface area contributed by atoms with Gasteiger partial charge in [0, 0.05) is 6.04 Å². The summed E-state index contributed by atoms with van der Waals surface area (Å²) in [4.78, 5) is 25.9. The van der Waals surface area contributed by atoms with Crippen LogP contribution in [0.2, 0.25) is 5.02 Å². The molecule has 0 unspecified atom stereocenters. The maximum Gasteiger partial charge on any atom is 0.417 e. The van der Waals surface area contributed by atoms with Gasteiger partial charge >= 0.3 is 6.18 Å². The Kier molecular flexibility index (Phi) is 9.05. The monoisotopic (exact) mass is 593 g/mol. The molecule has 0 heterocycles. The summed E-state index contributed by atoms with van der Waals surface area (Å²) < 4.78 is 68.4. The molecule has 0 atom stereocenters. The molecule has 0 radical (unpaired) electrons. The van der Waals surface area contributed by atoms with Crippen LogP contribution < -0.4 is 14.9 Å². The van der Waals surface area contributed by atoms with Gasteiger partial charge in [0.25, 0.3) is 15.9 Å². The van der Waals surface area contributed by atoms with E-state index in [0.29, 0.717) is 10.4 Å². The summed E-state index contributed by atoms with van der Waals surface area (Å²) in [5.41, 5.74) is -1.32. The molecule has 3 aromatic rings. The van der Waals surface area contributed by atoms with Crippen molar-refractivity contribution in [2.24, 2.45) is 0 Å². The summed E-state index contributed by atoms with van der Waals surface area (Å²) in [5, 5.41) is 4.91. The Morgan fingerprint density at radius 3 is 2.25 bits per heavy atom. The third-order valence-corrected chi connectivity index (χ3v) is 8.67. The fourth-order valence-electron chi connectivity index (χ4n) is 4.54. The Morgan fingerprint density at radius 1 is 0.925 bits per heavy atom. The van der Waals surface area contributed by atoms with Crippen LogP contribution in [-0.2, 0) is 21.0 Å². The van der Waals surface area contributed by atoms with Gasteiger partial charge in [0.1, 0.15) is 6.54 Å². The van der Waals surface area contributed by atoms with E-state index in [-0.39, 0.29) is 28.1 Å². The second kappa shape index (κ2) is 12.3. The number of carbonyl (C=O) groups excluding carboxylic acids is 2. The van der Waals surface area contributed by atoms with Crippen molar-refractivity contribution in [1.82, 2.24) is 5.32 Å². The first-order chi connectivity index (χ1) is 19.0. The number of rotatable bonds is 8. The highest BCUT2D eigenvalue weighted by atomic mass is 35.5. The molecule has 2 amide bonds. The molecular formula is C28H27ClF3N3O4S. The van der Waals surface area contributed by atoms with Gasteiger partial charge in [-0.25, -0.2) is 8.42 Å². The minimum absolute atomic E-state index is 0.0178. The highest BCUT2D eigenvalue weighted by Gasteiger charge is 2.35. The van der Waals surface area contributed by atoms with Crippen molar-refractivity contribution in [3.63, 3.8) is 0 Å². The first-order valence-electron chi connectivity index (χ1n) is 12.6. The topological polar surface area (TPSA) is 95.6 Å². The third-order valence-electron chi connectivity index (χ3n) is 6.55. The van der Waals surface area contributed by atoms with Gasteiger partial charge in [-0.3, -0.25) is 13.9 Å². The van der Waals surface area contributed by atoms with Crippen LogP contribution in [0.25, 0.3) is 0 Å². The molecule has 7 nitrogen and oxygen atoms in total. The number of alkyl halides is 3. The van der Waals surface area contributed by atoms with E-state index in [4.69, 9.17) is 11.6 Å². The van der Waals surface area contributed by atoms with E-state index in [1.807, 2.05) is 0 Å². The van der Waals surface area contributed by atoms with Crippen molar-refractivity contribution in [3.05, 3.63) is 88.9 Å². The number of halogens is 4. The van der Waals surface area contributed by atoms with Crippen molar-refractivity contribution in [1.29, 1.82) is 0 Å². The van der Waals surface area contributed by atoms with Crippen LogP contribution in [0.3, 0.4) is 0 Å². The minimum atomic E-state index is -4.86. The molecule has 212 valence electrons. The van der Waals surface area contributed by atoms with Crippen LogP contribution in [0.4, 0.5) is 24.5 Å². The van der Waals surface area contributed by atoms with E-state index in [1.165, 1.54) is 36.4 Å². The Morgan fingerprint density at radius 2 is 1.57 bits per heavy atom. The zero-order chi connectivity index (χ0) is 28.9. The summed E-state index contributed by atoms with van der Waals surface area (Å²) in [5.74, 6) is -1.25. The van der Waals surface area contributed by atoms with Crippen LogP contribution in [0.1, 0.15) is 48.0 Å². The Hall–Kier alpha value is -3.57. The summed E-state index contributed by atoms with van der Waals surface area (Å²) in [6, 6.07) is 15.9. The molecule has 0 spiro atoms. The van der Waals surface area contributed by atoms with Gasteiger partial charge in [-0.05, 0) is 55.3 Å². The van der Waals surface area contributed by atoms with E-state index < -0.39 is 44.9 Å². The second-order valence-corrected chi connectivity index (χ2v) is 11.7. The van der Waals surface area contributed by atoms with Crippen LogP contribution in [0.5, 0.6) is 0 Å². The molecule has 1 fully saturated rings. The molecule has 0 saturated heterocycles. The van der Waals surface area contributed by atoms with Crippen molar-refractivity contribution in [2.75, 3.05) is 16.2 Å². The Bertz CT molecular complexity index is 1480. The number of para-hydroxylation sites is 1. The van der Waals surface area contributed by atoms with Gasteiger partial charge in [0.05, 0.1) is 32.4 Å². The highest BCUT2D eigenvalue weighted by molar-refractivity contribution is 7.92. The number of anilines is 2. The van der Waals surface area contributed by atoms with E-state index in [9.17, 15) is 31.2 Å². The molecular weight excluding hydrogens is 567 g/mol. The van der Waals surface area contributed by atoms with Gasteiger partial charge in [-0.2, -0.15) is 13.2 Å². The van der Waals surface area contributed by atoms with Crippen molar-refractivity contribution in [2.45, 2.75) is 49.2 Å². The quantitative estimate of drug-likeness (QED) is 0.322. The average molecular weight is 594 g/mol. The van der Waals surface area contributed by atoms with E-state index in [0.717, 1.165) is 44.2 Å². The van der Waals surface area contributed by atoms with Crippen molar-refractivity contribution < 1.29 is 31.2 Å². The fraction of sp³-hybridized carbons (Fsp3) is 0.286. The van der Waals surface area contributed by atoms with Crippen LogP contribution in [-0.4, -0.2) is 32.8 Å². The van der Waals surface area contributed by atoms with Crippen molar-refractivity contribution >= 4 is 44.8 Å². The predicted octanol–water partition coefficient (Wildman–Crippen LogP) is 6.26. The lowest BCUT2D eigenvalue weighted by Crippen LogP contribution is -2.39. The van der Waals surface area contributed by atoms with E-state index >= 15 is 0 Å². The summed E-state index contributed by atoms with van der Waals surface area (Å²) in [6.07, 6.45) is -0.0194. The molecule has 1 saturated carbocycles. The van der Waals surface area contributed by atoms with E-state index in [2.05, 4.69) is 10.6 Å². The van der Waals surface area contributed by atoms with Gasteiger partial charge in [0.2, 0.25) is 5.91 Å². The third kappa shape index (κ3) is 6.95. The number of nitrogens with one attached hydrogen (secondary N) is 2. The first kappa shape index (κ1) is 29.4. The molecule has 1 aliphatic carbocycles. The zero-order valence-corrected chi connectivity index (χ0v) is 22.8. The number of sulfonamides is 1. The summed E-state index contributed by atoms with van der Waals surface area (Å²) in [6.45, 7) is -0.866. The molecule has 0 bridgehead atoms. The van der Waals surface area contributed by atoms with E-state index in [1.54, 1.807) is 18.2 Å². The number of nitrogens with zero attached hydrogens (tertiary/aromatic N) is 1. The van der Waals surface area contributed by atoms with Crippen molar-refractivity contribution in [3.8, 4) is 0 Å². The molecule has 0 aliphatic heterocycles. The molecule has 2 N–H and O–H groups in total. The molecule has 0 aromatic heterocycles. The Labute approximate surface area is 235 Å². The highest BCUT2D eigenvalue weighted by Crippen LogP contribution is 2.38. The normalized spacial score (nSPS) is 14.4. The van der Waals surface area contributed by atoms with Crippen LogP contribution >= 0.6 is 11.6 Å². The van der Waals surface area contributed by atoms with Gasteiger partial charge in [-0.1, -0.05) is 61.2 Å². The molecule has 40 heavy (non-hydrogen) atoms. The fourth-order valence-corrected chi connectivity index (χ4v) is 6.20. The zero-order valence-electron chi connectivity index (χ0n) is 21.2. The lowest BCUT2D eigenvalue weighted by molar-refractivity contribution is -0.137. The van der Waals surface area contributed by atoms with Crippen LogP contribution in [0, 0.1) is 0 Å². The SMILES string of the molecule is O=C(CN(c1ccc(Cl)c(C(F)(F)F)c1)S(=O)(=O)c1ccccc1)Nc1ccccc1C(=O)NC1CCCCC1. The average Bonchev–Trinajstić information content (AvgIpc) is 2.93. The molecule has 1 aliphatic rings. The van der Waals surface area contributed by atoms with Gasteiger partial charge < -0.3 is 10.6 Å². The summed E-state index contributed by atoms with van der Waals surface area (Å²) >= 11 is 5.74. The predicted molar refractivity (Wildman–Crippen MR) is 147 cm³/mol. The minimum Gasteiger partial charge on any atom is -0.349 e. The second-order valence-electron chi connectivity index (χ2n) is 9.39. The standard InChI is InChI=1S/C28H27ClF3N3O4S/c29-24-16-15-20(17-23(24)28(30,31)32)35(40(38,39)21-11-5-2-6-12-21)18-26(36)34-25-14-8-7-13-22(25)27(37)33-19-9-3-1-4-10-19/h2,5-8,11-17,19H,1,3-4,9-10,18H2,(H,33,37)(H,34,36). The lowest BCUT2D eigenvalue weighted by atomic mass is 9.95. The maximum atomic E-state index is 13.6. The largest absolute Gasteiger partial charge is 0.417 e. The first-order valence-corrected chi connectivity index (χ1v) is 14.4. The molecule has 3 aromatic carbocycles. The molecule has 4 rings (SSSR count). The number of hydrogen-bond acceptors (Lipinski definition) is 4.